The molecule has 1 saturated heterocycles. The Balaban J connectivity index is 1.71. The fourth-order valence-electron chi connectivity index (χ4n) is 5.22. The summed E-state index contributed by atoms with van der Waals surface area (Å²) in [5.41, 5.74) is 4.26. The molecular weight excluding hydrogens is 481 g/mol. The quantitative estimate of drug-likeness (QED) is 0.374. The summed E-state index contributed by atoms with van der Waals surface area (Å²) >= 11 is 0. The summed E-state index contributed by atoms with van der Waals surface area (Å²) in [5, 5.41) is 11.2. The molecule has 0 saturated carbocycles. The van der Waals surface area contributed by atoms with Gasteiger partial charge in [0.05, 0.1) is 28.6 Å². The van der Waals surface area contributed by atoms with Crippen molar-refractivity contribution in [2.24, 2.45) is 0 Å². The van der Waals surface area contributed by atoms with Crippen LogP contribution in [0.1, 0.15) is 17.2 Å². The Bertz CT molecular complexity index is 1950. The number of fused-ring (bicyclic) bond motifs is 4. The van der Waals surface area contributed by atoms with E-state index in [1.165, 1.54) is 12.3 Å². The van der Waals surface area contributed by atoms with Crippen molar-refractivity contribution in [1.29, 1.82) is 5.26 Å². The van der Waals surface area contributed by atoms with Crippen LogP contribution in [0.5, 0.6) is 0 Å². The molecule has 0 radical (unpaired) electrons. The number of halogens is 1. The Kier molecular flexibility index (Phi) is 4.80. The molecule has 0 unspecified atom stereocenters. The minimum absolute atomic E-state index is 0.0929. The lowest BCUT2D eigenvalue weighted by molar-refractivity contribution is 0.146. The standard InChI is InChI=1S/C26H20FN5O3S/c1-14-5-21-23(8-20(14)16-7-18(11-29-10-16)36(27,34)35)32(17-12-31(2)13-17)26-24(25(21)33)19-4-3-15(9-28)6-22(19)30-26/h3-8,10-11,17,30H,12-13H2,1-2H3. The van der Waals surface area contributed by atoms with Crippen molar-refractivity contribution >= 4 is 43.1 Å². The van der Waals surface area contributed by atoms with Crippen molar-refractivity contribution in [2.75, 3.05) is 20.1 Å². The van der Waals surface area contributed by atoms with Crippen molar-refractivity contribution in [3.05, 3.63) is 70.1 Å². The third-order valence-corrected chi connectivity index (χ3v) is 7.72. The molecule has 0 atom stereocenters. The van der Waals surface area contributed by atoms with E-state index >= 15 is 0 Å². The first kappa shape index (κ1) is 22.4. The van der Waals surface area contributed by atoms with Crippen LogP contribution in [0.3, 0.4) is 0 Å². The number of aromatic nitrogens is 3. The maximum absolute atomic E-state index is 13.8. The van der Waals surface area contributed by atoms with E-state index in [2.05, 4.69) is 25.5 Å². The second kappa shape index (κ2) is 7.71. The molecule has 180 valence electrons. The molecular formula is C26H20FN5O3S. The van der Waals surface area contributed by atoms with Crippen LogP contribution in [-0.2, 0) is 10.2 Å². The number of nitriles is 1. The van der Waals surface area contributed by atoms with E-state index in [4.69, 9.17) is 0 Å². The number of aromatic amines is 1. The fraction of sp³-hybridized carbons (Fsp3) is 0.192. The predicted octanol–water partition coefficient (Wildman–Crippen LogP) is 4.02. The molecule has 4 heterocycles. The first-order valence-electron chi connectivity index (χ1n) is 11.3. The highest BCUT2D eigenvalue weighted by Gasteiger charge is 2.29. The highest BCUT2D eigenvalue weighted by atomic mass is 32.3. The Morgan fingerprint density at radius 3 is 2.61 bits per heavy atom. The van der Waals surface area contributed by atoms with E-state index in [9.17, 15) is 22.4 Å². The van der Waals surface area contributed by atoms with E-state index in [1.54, 1.807) is 24.3 Å². The molecule has 10 heteroatoms. The van der Waals surface area contributed by atoms with Crippen molar-refractivity contribution in [3.8, 4) is 17.2 Å². The SMILES string of the molecule is Cc1cc2c(=O)c3c4ccc(C#N)cc4[nH]c3n(C3CN(C)C3)c2cc1-c1cncc(S(=O)(=O)F)c1. The topological polar surface area (TPSA) is 112 Å². The van der Waals surface area contributed by atoms with Crippen molar-refractivity contribution < 1.29 is 12.3 Å². The molecule has 1 N–H and O–H groups in total. The lowest BCUT2D eigenvalue weighted by Crippen LogP contribution is -2.45. The monoisotopic (exact) mass is 501 g/mol. The first-order chi connectivity index (χ1) is 17.2. The largest absolute Gasteiger partial charge is 0.340 e. The zero-order valence-electron chi connectivity index (χ0n) is 19.4. The van der Waals surface area contributed by atoms with Crippen LogP contribution >= 0.6 is 0 Å². The molecule has 6 rings (SSSR count). The second-order valence-electron chi connectivity index (χ2n) is 9.33. The number of likely N-dealkylation sites (tertiary alicyclic amines) is 1. The molecule has 0 spiro atoms. The summed E-state index contributed by atoms with van der Waals surface area (Å²) in [6.45, 7) is 3.39. The molecule has 1 aliphatic heterocycles. The van der Waals surface area contributed by atoms with Gasteiger partial charge in [-0.3, -0.25) is 9.78 Å². The van der Waals surface area contributed by atoms with E-state index in [-0.39, 0.29) is 11.5 Å². The number of nitrogens with one attached hydrogen (secondary N) is 1. The van der Waals surface area contributed by atoms with Gasteiger partial charge in [0.25, 0.3) is 0 Å². The number of rotatable bonds is 3. The smallest absolute Gasteiger partial charge is 0.333 e. The van der Waals surface area contributed by atoms with Crippen LogP contribution in [0, 0.1) is 18.3 Å². The Labute approximate surface area is 205 Å². The van der Waals surface area contributed by atoms with Crippen molar-refractivity contribution in [3.63, 3.8) is 0 Å². The number of aryl methyl sites for hydroxylation is 1. The molecule has 0 aliphatic carbocycles. The molecule has 5 aromatic rings. The van der Waals surface area contributed by atoms with Gasteiger partial charge in [-0.15, -0.1) is 3.89 Å². The van der Waals surface area contributed by atoms with Gasteiger partial charge in [0.2, 0.25) is 0 Å². The minimum atomic E-state index is -4.92. The number of H-pyrrole nitrogens is 1. The third-order valence-electron chi connectivity index (χ3n) is 6.94. The van der Waals surface area contributed by atoms with Gasteiger partial charge in [0.1, 0.15) is 10.5 Å². The number of hydrogen-bond acceptors (Lipinski definition) is 6. The summed E-state index contributed by atoms with van der Waals surface area (Å²) in [6, 6.07) is 12.4. The van der Waals surface area contributed by atoms with Crippen LogP contribution in [-0.4, -0.2) is 48.0 Å². The molecule has 0 bridgehead atoms. The molecule has 36 heavy (non-hydrogen) atoms. The van der Waals surface area contributed by atoms with E-state index < -0.39 is 15.1 Å². The fourth-order valence-corrected chi connectivity index (χ4v) is 5.67. The summed E-state index contributed by atoms with van der Waals surface area (Å²) < 4.78 is 38.7. The number of benzene rings is 2. The maximum atomic E-state index is 13.8. The summed E-state index contributed by atoms with van der Waals surface area (Å²) in [7, 11) is -2.90. The van der Waals surface area contributed by atoms with Gasteiger partial charge < -0.3 is 14.5 Å². The van der Waals surface area contributed by atoms with Gasteiger partial charge >= 0.3 is 10.2 Å². The van der Waals surface area contributed by atoms with Crippen molar-refractivity contribution in [2.45, 2.75) is 17.9 Å². The van der Waals surface area contributed by atoms with Crippen LogP contribution in [0.4, 0.5) is 3.89 Å². The van der Waals surface area contributed by atoms with E-state index in [0.29, 0.717) is 44.1 Å². The third kappa shape index (κ3) is 3.31. The average molecular weight is 502 g/mol. The average Bonchev–Trinajstić information content (AvgIpc) is 3.21. The Hall–Kier alpha value is -4.07. The van der Waals surface area contributed by atoms with E-state index in [1.807, 2.05) is 20.0 Å². The van der Waals surface area contributed by atoms with Gasteiger partial charge in [-0.1, -0.05) is 6.07 Å². The number of hydrogen-bond donors (Lipinski definition) is 1. The minimum Gasteiger partial charge on any atom is -0.340 e. The summed E-state index contributed by atoms with van der Waals surface area (Å²) in [5.74, 6) is 0. The lowest BCUT2D eigenvalue weighted by atomic mass is 9.97. The first-order valence-corrected chi connectivity index (χ1v) is 12.7. The molecule has 0 amide bonds. The van der Waals surface area contributed by atoms with Crippen LogP contribution in [0.2, 0.25) is 0 Å². The normalized spacial score (nSPS) is 14.9. The Morgan fingerprint density at radius 1 is 1.14 bits per heavy atom. The van der Waals surface area contributed by atoms with Gasteiger partial charge in [-0.2, -0.15) is 13.7 Å². The summed E-state index contributed by atoms with van der Waals surface area (Å²) in [6.07, 6.45) is 2.45. The van der Waals surface area contributed by atoms with Gasteiger partial charge in [-0.25, -0.2) is 0 Å². The predicted molar refractivity (Wildman–Crippen MR) is 135 cm³/mol. The van der Waals surface area contributed by atoms with E-state index in [0.717, 1.165) is 30.2 Å². The molecule has 1 aliphatic rings. The second-order valence-corrected chi connectivity index (χ2v) is 10.7. The molecule has 1 fully saturated rings. The number of pyridine rings is 2. The number of likely N-dealkylation sites (N-methyl/N-ethyl adjacent to an activating group) is 1. The highest BCUT2D eigenvalue weighted by molar-refractivity contribution is 7.86. The van der Waals surface area contributed by atoms with Gasteiger partial charge in [0, 0.05) is 47.3 Å². The van der Waals surface area contributed by atoms with Crippen LogP contribution in [0.25, 0.3) is 44.0 Å². The number of nitrogens with zero attached hydrogens (tertiary/aromatic N) is 4. The van der Waals surface area contributed by atoms with Gasteiger partial charge in [0.15, 0.2) is 5.43 Å². The zero-order valence-corrected chi connectivity index (χ0v) is 20.2. The molecule has 3 aromatic heterocycles. The Morgan fingerprint density at radius 2 is 1.92 bits per heavy atom. The van der Waals surface area contributed by atoms with Crippen molar-refractivity contribution in [1.82, 2.24) is 19.4 Å². The zero-order chi connectivity index (χ0) is 25.4. The van der Waals surface area contributed by atoms with Gasteiger partial charge in [-0.05, 0) is 55.4 Å². The summed E-state index contributed by atoms with van der Waals surface area (Å²) in [4.78, 5) is 22.8. The highest BCUT2D eigenvalue weighted by Crippen LogP contribution is 2.35. The lowest BCUT2D eigenvalue weighted by Gasteiger charge is -2.39. The molecule has 2 aromatic carbocycles. The van der Waals surface area contributed by atoms with Crippen LogP contribution in [0.15, 0.2) is 58.5 Å². The van der Waals surface area contributed by atoms with Crippen LogP contribution < -0.4 is 5.43 Å². The maximum Gasteiger partial charge on any atom is 0.333 e. The molecule has 8 nitrogen and oxygen atoms in total.